The molecule has 2 amide bonds. The van der Waals surface area contributed by atoms with E-state index in [1.807, 2.05) is 53.4 Å². The molecule has 1 aliphatic heterocycles. The molecule has 4 rings (SSSR count). The molecule has 3 aromatic rings. The first-order valence-electron chi connectivity index (χ1n) is 9.73. The lowest BCUT2D eigenvalue weighted by Crippen LogP contribution is -2.49. The van der Waals surface area contributed by atoms with Crippen molar-refractivity contribution in [3.8, 4) is 16.3 Å². The highest BCUT2D eigenvalue weighted by Crippen LogP contribution is 2.26. The van der Waals surface area contributed by atoms with Crippen molar-refractivity contribution in [2.24, 2.45) is 0 Å². The summed E-state index contributed by atoms with van der Waals surface area (Å²) in [7, 11) is 1.61. The zero-order valence-electron chi connectivity index (χ0n) is 16.7. The van der Waals surface area contributed by atoms with Crippen LogP contribution in [0, 0.1) is 0 Å². The van der Waals surface area contributed by atoms with Crippen LogP contribution in [0.3, 0.4) is 0 Å². The number of anilines is 1. The fraction of sp³-hybridized carbons (Fsp3) is 0.273. The minimum absolute atomic E-state index is 0.0819. The Bertz CT molecular complexity index is 1000. The highest BCUT2D eigenvalue weighted by Gasteiger charge is 2.22. The minimum Gasteiger partial charge on any atom is -0.497 e. The van der Waals surface area contributed by atoms with E-state index < -0.39 is 0 Å². The van der Waals surface area contributed by atoms with Crippen LogP contribution in [0.2, 0.25) is 5.02 Å². The number of thiazole rings is 1. The van der Waals surface area contributed by atoms with Gasteiger partial charge in [-0.05, 0) is 24.3 Å². The van der Waals surface area contributed by atoms with Crippen molar-refractivity contribution < 1.29 is 9.53 Å². The smallest absolute Gasteiger partial charge is 0.321 e. The number of nitrogens with zero attached hydrogens (tertiary/aromatic N) is 3. The molecule has 0 saturated carbocycles. The number of amides is 2. The molecule has 1 aromatic heterocycles. The number of hydrogen-bond acceptors (Lipinski definition) is 5. The van der Waals surface area contributed by atoms with Gasteiger partial charge in [-0.25, -0.2) is 9.78 Å². The zero-order valence-corrected chi connectivity index (χ0v) is 18.2. The number of methoxy groups -OCH3 is 1. The first-order chi connectivity index (χ1) is 14.6. The number of aromatic nitrogens is 1. The number of halogens is 1. The lowest BCUT2D eigenvalue weighted by molar-refractivity contribution is 0.142. The van der Waals surface area contributed by atoms with E-state index in [9.17, 15) is 4.79 Å². The minimum atomic E-state index is -0.0819. The van der Waals surface area contributed by atoms with Crippen molar-refractivity contribution in [2.45, 2.75) is 6.54 Å². The summed E-state index contributed by atoms with van der Waals surface area (Å²) in [5.74, 6) is 0.721. The van der Waals surface area contributed by atoms with Gasteiger partial charge < -0.3 is 15.0 Å². The lowest BCUT2D eigenvalue weighted by Gasteiger charge is -2.34. The lowest BCUT2D eigenvalue weighted by atomic mass is 10.2. The predicted molar refractivity (Wildman–Crippen MR) is 121 cm³/mol. The third kappa shape index (κ3) is 5.11. The van der Waals surface area contributed by atoms with Crippen LogP contribution in [0.4, 0.5) is 10.5 Å². The van der Waals surface area contributed by atoms with Crippen molar-refractivity contribution in [1.82, 2.24) is 14.8 Å². The molecule has 1 N–H and O–H groups in total. The van der Waals surface area contributed by atoms with E-state index in [4.69, 9.17) is 21.3 Å². The van der Waals surface area contributed by atoms with E-state index in [1.165, 1.54) is 0 Å². The predicted octanol–water partition coefficient (Wildman–Crippen LogP) is 4.82. The van der Waals surface area contributed by atoms with Gasteiger partial charge in [0.25, 0.3) is 0 Å². The summed E-state index contributed by atoms with van der Waals surface area (Å²) in [6, 6.07) is 15.0. The summed E-state index contributed by atoms with van der Waals surface area (Å²) in [4.78, 5) is 21.5. The summed E-state index contributed by atoms with van der Waals surface area (Å²) >= 11 is 7.61. The Morgan fingerprint density at radius 2 is 1.93 bits per heavy atom. The molecule has 30 heavy (non-hydrogen) atoms. The SMILES string of the molecule is COc1cccc(NC(=O)N2CCN(Cc3csc(-c4ccc(Cl)cc4)n3)CC2)c1. The molecule has 0 radical (unpaired) electrons. The zero-order chi connectivity index (χ0) is 20.9. The second-order valence-electron chi connectivity index (χ2n) is 7.08. The fourth-order valence-electron chi connectivity index (χ4n) is 3.35. The van der Waals surface area contributed by atoms with E-state index in [2.05, 4.69) is 15.6 Å². The molecule has 0 bridgehead atoms. The number of hydrogen-bond donors (Lipinski definition) is 1. The third-order valence-electron chi connectivity index (χ3n) is 5.01. The van der Waals surface area contributed by atoms with Crippen molar-refractivity contribution in [3.63, 3.8) is 0 Å². The largest absolute Gasteiger partial charge is 0.497 e. The Kier molecular flexibility index (Phi) is 6.52. The van der Waals surface area contributed by atoms with Crippen LogP contribution in [0.5, 0.6) is 5.75 Å². The number of rotatable bonds is 5. The van der Waals surface area contributed by atoms with Gasteiger partial charge in [-0.15, -0.1) is 11.3 Å². The number of nitrogens with one attached hydrogen (secondary N) is 1. The van der Waals surface area contributed by atoms with Gasteiger partial charge >= 0.3 is 6.03 Å². The molecule has 1 fully saturated rings. The molecule has 156 valence electrons. The maximum Gasteiger partial charge on any atom is 0.321 e. The topological polar surface area (TPSA) is 57.7 Å². The van der Waals surface area contributed by atoms with E-state index >= 15 is 0 Å². The van der Waals surface area contributed by atoms with Crippen molar-refractivity contribution in [3.05, 3.63) is 64.6 Å². The summed E-state index contributed by atoms with van der Waals surface area (Å²) in [5, 5.41) is 6.77. The molecule has 6 nitrogen and oxygen atoms in total. The molecular weight excluding hydrogens is 420 g/mol. The normalized spacial score (nSPS) is 14.5. The van der Waals surface area contributed by atoms with Crippen molar-refractivity contribution in [1.29, 1.82) is 0 Å². The molecule has 1 aliphatic rings. The van der Waals surface area contributed by atoms with Crippen LogP contribution in [0.15, 0.2) is 53.9 Å². The highest BCUT2D eigenvalue weighted by molar-refractivity contribution is 7.13. The molecule has 0 atom stereocenters. The molecule has 0 unspecified atom stereocenters. The molecule has 0 spiro atoms. The Balaban J connectivity index is 1.28. The molecule has 2 aromatic carbocycles. The van der Waals surface area contributed by atoms with Gasteiger partial charge in [-0.3, -0.25) is 4.90 Å². The van der Waals surface area contributed by atoms with E-state index in [0.29, 0.717) is 13.1 Å². The molecule has 8 heteroatoms. The summed E-state index contributed by atoms with van der Waals surface area (Å²) in [6.07, 6.45) is 0. The van der Waals surface area contributed by atoms with Crippen LogP contribution in [0.1, 0.15) is 5.69 Å². The van der Waals surface area contributed by atoms with Crippen LogP contribution >= 0.6 is 22.9 Å². The van der Waals surface area contributed by atoms with Gasteiger partial charge in [0.05, 0.1) is 12.8 Å². The second-order valence-corrected chi connectivity index (χ2v) is 8.37. The quantitative estimate of drug-likeness (QED) is 0.615. The number of carbonyl (C=O) groups excluding carboxylic acids is 1. The summed E-state index contributed by atoms with van der Waals surface area (Å²) in [6.45, 7) is 3.79. The average Bonchev–Trinajstić information content (AvgIpc) is 3.23. The van der Waals surface area contributed by atoms with Crippen LogP contribution in [0.25, 0.3) is 10.6 Å². The number of carbonyl (C=O) groups is 1. The Labute approximate surface area is 185 Å². The van der Waals surface area contributed by atoms with Gasteiger partial charge in [0.1, 0.15) is 10.8 Å². The average molecular weight is 443 g/mol. The molecule has 0 aliphatic carbocycles. The Morgan fingerprint density at radius 3 is 2.67 bits per heavy atom. The van der Waals surface area contributed by atoms with E-state index in [1.54, 1.807) is 18.4 Å². The van der Waals surface area contributed by atoms with Gasteiger partial charge in [-0.2, -0.15) is 0 Å². The van der Waals surface area contributed by atoms with Crippen LogP contribution in [-0.4, -0.2) is 54.1 Å². The number of benzene rings is 2. The molecule has 1 saturated heterocycles. The van der Waals surface area contributed by atoms with Crippen LogP contribution < -0.4 is 10.1 Å². The van der Waals surface area contributed by atoms with Crippen molar-refractivity contribution >= 4 is 34.7 Å². The number of ether oxygens (including phenoxy) is 1. The van der Waals surface area contributed by atoms with E-state index in [-0.39, 0.29) is 6.03 Å². The fourth-order valence-corrected chi connectivity index (χ4v) is 4.29. The first kappa shape index (κ1) is 20.7. The third-order valence-corrected chi connectivity index (χ3v) is 6.20. The van der Waals surface area contributed by atoms with E-state index in [0.717, 1.165) is 52.4 Å². The maximum absolute atomic E-state index is 12.6. The molecule has 2 heterocycles. The first-order valence-corrected chi connectivity index (χ1v) is 11.0. The summed E-state index contributed by atoms with van der Waals surface area (Å²) in [5.41, 5.74) is 2.87. The monoisotopic (exact) mass is 442 g/mol. The standard InChI is InChI=1S/C22H23ClN4O2S/c1-29-20-4-2-3-18(13-20)25-22(28)27-11-9-26(10-12-27)14-19-15-30-21(24-19)16-5-7-17(23)8-6-16/h2-8,13,15H,9-12,14H2,1H3,(H,25,28). The van der Waals surface area contributed by atoms with Crippen LogP contribution in [-0.2, 0) is 6.54 Å². The summed E-state index contributed by atoms with van der Waals surface area (Å²) < 4.78 is 5.21. The molecular formula is C22H23ClN4O2S. The second kappa shape index (κ2) is 9.47. The maximum atomic E-state index is 12.6. The number of piperazine rings is 1. The highest BCUT2D eigenvalue weighted by atomic mass is 35.5. The van der Waals surface area contributed by atoms with Gasteiger partial charge in [-0.1, -0.05) is 29.8 Å². The number of urea groups is 1. The van der Waals surface area contributed by atoms with Gasteiger partial charge in [0.15, 0.2) is 0 Å². The Hall–Kier alpha value is -2.61. The Morgan fingerprint density at radius 1 is 1.17 bits per heavy atom. The van der Waals surface area contributed by atoms with Gasteiger partial charge in [0.2, 0.25) is 0 Å². The van der Waals surface area contributed by atoms with Gasteiger partial charge in [0, 0.05) is 60.4 Å². The van der Waals surface area contributed by atoms with Crippen molar-refractivity contribution in [2.75, 3.05) is 38.6 Å².